The molecule has 0 saturated heterocycles. The summed E-state index contributed by atoms with van der Waals surface area (Å²) in [5, 5.41) is 12.0. The number of hydrogen-bond acceptors (Lipinski definition) is 3. The maximum absolute atomic E-state index is 11.9. The summed E-state index contributed by atoms with van der Waals surface area (Å²) in [6.45, 7) is 5.50. The minimum atomic E-state index is -0.683. The number of nitrogens with two attached hydrogens (primary N) is 1. The summed E-state index contributed by atoms with van der Waals surface area (Å²) in [7, 11) is 0. The van der Waals surface area contributed by atoms with Crippen molar-refractivity contribution in [2.24, 2.45) is 29.4 Å². The van der Waals surface area contributed by atoms with Gasteiger partial charge in [0.05, 0.1) is 5.92 Å². The Morgan fingerprint density at radius 2 is 1.86 bits per heavy atom. The van der Waals surface area contributed by atoms with Gasteiger partial charge in [0.25, 0.3) is 0 Å². The van der Waals surface area contributed by atoms with Gasteiger partial charge in [0.1, 0.15) is 0 Å². The third-order valence-corrected chi connectivity index (χ3v) is 4.40. The summed E-state index contributed by atoms with van der Waals surface area (Å²) in [5.41, 5.74) is 5.72. The lowest BCUT2D eigenvalue weighted by Crippen LogP contribution is -2.34. The molecule has 21 heavy (non-hydrogen) atoms. The first-order valence-corrected chi connectivity index (χ1v) is 8.11. The summed E-state index contributed by atoms with van der Waals surface area (Å²) in [6, 6.07) is 0. The Balaban J connectivity index is 2.23. The van der Waals surface area contributed by atoms with E-state index in [-0.39, 0.29) is 17.7 Å². The van der Waals surface area contributed by atoms with E-state index in [4.69, 9.17) is 10.8 Å². The van der Waals surface area contributed by atoms with Crippen LogP contribution >= 0.6 is 0 Å². The van der Waals surface area contributed by atoms with Gasteiger partial charge in [0.15, 0.2) is 0 Å². The number of rotatable bonds is 8. The van der Waals surface area contributed by atoms with Crippen LogP contribution < -0.4 is 11.1 Å². The molecule has 0 radical (unpaired) electrons. The Labute approximate surface area is 127 Å². The van der Waals surface area contributed by atoms with Crippen molar-refractivity contribution < 1.29 is 14.7 Å². The van der Waals surface area contributed by atoms with Gasteiger partial charge in [-0.15, -0.1) is 0 Å². The molecule has 0 aromatic carbocycles. The van der Waals surface area contributed by atoms with Gasteiger partial charge in [0, 0.05) is 13.0 Å². The molecule has 5 nitrogen and oxygen atoms in total. The predicted molar refractivity (Wildman–Crippen MR) is 82.7 cm³/mol. The van der Waals surface area contributed by atoms with E-state index in [0.29, 0.717) is 31.3 Å². The Morgan fingerprint density at radius 1 is 1.24 bits per heavy atom. The minimum absolute atomic E-state index is 0.0754. The topological polar surface area (TPSA) is 92.4 Å². The van der Waals surface area contributed by atoms with Crippen LogP contribution in [-0.2, 0) is 9.59 Å². The van der Waals surface area contributed by atoms with E-state index < -0.39 is 5.97 Å². The molecule has 0 aliphatic heterocycles. The van der Waals surface area contributed by atoms with Gasteiger partial charge in [-0.25, -0.2) is 0 Å². The Hall–Kier alpha value is -1.10. The fraction of sp³-hybridized carbons (Fsp3) is 0.875. The maximum Gasteiger partial charge on any atom is 0.306 e. The summed E-state index contributed by atoms with van der Waals surface area (Å²) in [5.74, 6) is 0.435. The fourth-order valence-electron chi connectivity index (χ4n) is 3.14. The zero-order valence-electron chi connectivity index (χ0n) is 13.3. The lowest BCUT2D eigenvalue weighted by Gasteiger charge is -2.26. The zero-order valence-corrected chi connectivity index (χ0v) is 13.3. The summed E-state index contributed by atoms with van der Waals surface area (Å²) in [4.78, 5) is 22.8. The highest BCUT2D eigenvalue weighted by Gasteiger charge is 2.26. The van der Waals surface area contributed by atoms with Gasteiger partial charge in [-0.3, -0.25) is 9.59 Å². The minimum Gasteiger partial charge on any atom is -0.481 e. The van der Waals surface area contributed by atoms with Crippen molar-refractivity contribution in [3.63, 3.8) is 0 Å². The van der Waals surface area contributed by atoms with Crippen LogP contribution in [0.15, 0.2) is 0 Å². The average Bonchev–Trinajstić information content (AvgIpc) is 2.44. The molecule has 4 N–H and O–H groups in total. The van der Waals surface area contributed by atoms with Crippen molar-refractivity contribution in [2.75, 3.05) is 13.1 Å². The van der Waals surface area contributed by atoms with E-state index in [2.05, 4.69) is 19.2 Å². The molecule has 1 amide bonds. The number of carboxylic acids is 1. The van der Waals surface area contributed by atoms with E-state index in [9.17, 15) is 9.59 Å². The van der Waals surface area contributed by atoms with Crippen LogP contribution in [0.5, 0.6) is 0 Å². The lowest BCUT2D eigenvalue weighted by molar-refractivity contribution is -0.143. The molecule has 0 aromatic rings. The van der Waals surface area contributed by atoms with Crippen LogP contribution in [0, 0.1) is 23.7 Å². The van der Waals surface area contributed by atoms with Crippen LogP contribution in [0.4, 0.5) is 0 Å². The average molecular weight is 298 g/mol. The van der Waals surface area contributed by atoms with Crippen LogP contribution in [-0.4, -0.2) is 30.1 Å². The SMILES string of the molecule is CC(C)CC(CN)CC(=O)NCC1CCC(C(=O)O)CC1. The molecule has 5 heteroatoms. The molecular weight excluding hydrogens is 268 g/mol. The van der Waals surface area contributed by atoms with Crippen LogP contribution in [0.3, 0.4) is 0 Å². The van der Waals surface area contributed by atoms with E-state index in [1.807, 2.05) is 0 Å². The fourth-order valence-corrected chi connectivity index (χ4v) is 3.14. The third-order valence-electron chi connectivity index (χ3n) is 4.40. The van der Waals surface area contributed by atoms with Gasteiger partial charge in [0.2, 0.25) is 5.91 Å². The monoisotopic (exact) mass is 298 g/mol. The Kier molecular flexibility index (Phi) is 7.72. The summed E-state index contributed by atoms with van der Waals surface area (Å²) >= 11 is 0. The molecule has 0 bridgehead atoms. The van der Waals surface area contributed by atoms with Crippen molar-refractivity contribution >= 4 is 11.9 Å². The number of carboxylic acid groups (broad SMARTS) is 1. The van der Waals surface area contributed by atoms with Gasteiger partial charge < -0.3 is 16.2 Å². The summed E-state index contributed by atoms with van der Waals surface area (Å²) < 4.78 is 0. The summed E-state index contributed by atoms with van der Waals surface area (Å²) in [6.07, 6.45) is 4.73. The predicted octanol–water partition coefficient (Wildman–Crippen LogP) is 2.00. The first-order chi connectivity index (χ1) is 9.92. The maximum atomic E-state index is 11.9. The second-order valence-corrected chi connectivity index (χ2v) is 6.80. The van der Waals surface area contributed by atoms with Crippen LogP contribution in [0.25, 0.3) is 0 Å². The Bertz CT molecular complexity index is 336. The van der Waals surface area contributed by atoms with Crippen molar-refractivity contribution in [1.29, 1.82) is 0 Å². The third kappa shape index (κ3) is 6.93. The number of amides is 1. The van der Waals surface area contributed by atoms with Crippen molar-refractivity contribution in [2.45, 2.75) is 52.4 Å². The molecule has 1 atom stereocenters. The normalized spacial score (nSPS) is 23.8. The van der Waals surface area contributed by atoms with Crippen molar-refractivity contribution in [3.8, 4) is 0 Å². The van der Waals surface area contributed by atoms with E-state index in [1.165, 1.54) is 0 Å². The highest BCUT2D eigenvalue weighted by molar-refractivity contribution is 5.76. The van der Waals surface area contributed by atoms with Gasteiger partial charge in [-0.2, -0.15) is 0 Å². The van der Waals surface area contributed by atoms with Crippen LogP contribution in [0.1, 0.15) is 52.4 Å². The standard InChI is InChI=1S/C16H30N2O3/c1-11(2)7-13(9-17)8-15(19)18-10-12-3-5-14(6-4-12)16(20)21/h11-14H,3-10,17H2,1-2H3,(H,18,19)(H,20,21). The number of carbonyl (C=O) groups excluding carboxylic acids is 1. The number of nitrogens with one attached hydrogen (secondary N) is 1. The van der Waals surface area contributed by atoms with Crippen molar-refractivity contribution in [3.05, 3.63) is 0 Å². The molecule has 0 heterocycles. The van der Waals surface area contributed by atoms with Gasteiger partial charge in [-0.1, -0.05) is 13.8 Å². The first-order valence-electron chi connectivity index (χ1n) is 8.11. The molecule has 0 aromatic heterocycles. The quantitative estimate of drug-likeness (QED) is 0.639. The molecule has 1 aliphatic rings. The van der Waals surface area contributed by atoms with E-state index >= 15 is 0 Å². The Morgan fingerprint density at radius 3 is 2.33 bits per heavy atom. The second kappa shape index (κ2) is 9.03. The largest absolute Gasteiger partial charge is 0.481 e. The molecule has 1 unspecified atom stereocenters. The van der Waals surface area contributed by atoms with Gasteiger partial charge >= 0.3 is 5.97 Å². The molecule has 1 saturated carbocycles. The second-order valence-electron chi connectivity index (χ2n) is 6.80. The van der Waals surface area contributed by atoms with Crippen LogP contribution in [0.2, 0.25) is 0 Å². The molecule has 1 fully saturated rings. The highest BCUT2D eigenvalue weighted by Crippen LogP contribution is 2.28. The molecule has 0 spiro atoms. The number of carbonyl (C=O) groups is 2. The number of hydrogen-bond donors (Lipinski definition) is 3. The van der Waals surface area contributed by atoms with Crippen molar-refractivity contribution in [1.82, 2.24) is 5.32 Å². The van der Waals surface area contributed by atoms with E-state index in [0.717, 1.165) is 32.1 Å². The zero-order chi connectivity index (χ0) is 15.8. The number of aliphatic carboxylic acids is 1. The van der Waals surface area contributed by atoms with E-state index in [1.54, 1.807) is 0 Å². The highest BCUT2D eigenvalue weighted by atomic mass is 16.4. The van der Waals surface area contributed by atoms with Gasteiger partial charge in [-0.05, 0) is 56.4 Å². The smallest absolute Gasteiger partial charge is 0.306 e. The molecule has 122 valence electrons. The molecule has 1 aliphatic carbocycles. The first kappa shape index (κ1) is 18.0. The lowest BCUT2D eigenvalue weighted by atomic mass is 9.82. The molecule has 1 rings (SSSR count). The molecular formula is C16H30N2O3.